The monoisotopic (exact) mass is 272 g/mol. The Morgan fingerprint density at radius 2 is 2.20 bits per heavy atom. The summed E-state index contributed by atoms with van der Waals surface area (Å²) in [6.45, 7) is 3.78. The van der Waals surface area contributed by atoms with E-state index in [1.165, 1.54) is 0 Å². The van der Waals surface area contributed by atoms with Gasteiger partial charge in [-0.3, -0.25) is 4.79 Å². The molecule has 20 heavy (non-hydrogen) atoms. The molecule has 1 aromatic heterocycles. The van der Waals surface area contributed by atoms with E-state index in [0.29, 0.717) is 17.5 Å². The van der Waals surface area contributed by atoms with Crippen LogP contribution in [0.2, 0.25) is 0 Å². The van der Waals surface area contributed by atoms with Gasteiger partial charge in [0.1, 0.15) is 11.8 Å². The van der Waals surface area contributed by atoms with Crippen molar-refractivity contribution in [2.45, 2.75) is 19.4 Å². The molecule has 1 aromatic carbocycles. The van der Waals surface area contributed by atoms with Gasteiger partial charge in [0.25, 0.3) is 5.91 Å². The van der Waals surface area contributed by atoms with Gasteiger partial charge >= 0.3 is 0 Å². The average molecular weight is 272 g/mol. The number of furan rings is 1. The lowest BCUT2D eigenvalue weighted by Crippen LogP contribution is -2.49. The standard InChI is InChI=1S/C16H20N2O2/c1-11-9-18(8-7-14(11)17-2)16(19)13-10-20-15-6-4-3-5-12(13)15/h3-6,10-11,14,17H,7-9H2,1-2H3. The van der Waals surface area contributed by atoms with E-state index in [4.69, 9.17) is 4.42 Å². The van der Waals surface area contributed by atoms with Gasteiger partial charge in [-0.25, -0.2) is 0 Å². The highest BCUT2D eigenvalue weighted by Crippen LogP contribution is 2.24. The minimum atomic E-state index is 0.0800. The molecule has 1 amide bonds. The molecular weight excluding hydrogens is 252 g/mol. The fraction of sp³-hybridized carbons (Fsp3) is 0.438. The van der Waals surface area contributed by atoms with Crippen LogP contribution in [0.5, 0.6) is 0 Å². The van der Waals surface area contributed by atoms with Crippen LogP contribution in [-0.2, 0) is 0 Å². The second-order valence-corrected chi connectivity index (χ2v) is 5.56. The maximum atomic E-state index is 12.7. The minimum Gasteiger partial charge on any atom is -0.463 e. The first-order valence-electron chi connectivity index (χ1n) is 7.13. The van der Waals surface area contributed by atoms with E-state index in [9.17, 15) is 4.79 Å². The summed E-state index contributed by atoms with van der Waals surface area (Å²) in [6, 6.07) is 8.18. The first kappa shape index (κ1) is 13.2. The number of hydrogen-bond donors (Lipinski definition) is 1. The largest absolute Gasteiger partial charge is 0.463 e. The number of likely N-dealkylation sites (tertiary alicyclic amines) is 1. The highest BCUT2D eigenvalue weighted by atomic mass is 16.3. The highest BCUT2D eigenvalue weighted by molar-refractivity contribution is 6.05. The molecule has 0 bridgehead atoms. The molecule has 2 heterocycles. The van der Waals surface area contributed by atoms with Crippen LogP contribution in [0.25, 0.3) is 11.0 Å². The Morgan fingerprint density at radius 1 is 1.40 bits per heavy atom. The van der Waals surface area contributed by atoms with Gasteiger partial charge in [-0.1, -0.05) is 25.1 Å². The third-order valence-corrected chi connectivity index (χ3v) is 4.27. The fourth-order valence-corrected chi connectivity index (χ4v) is 3.07. The van der Waals surface area contributed by atoms with Crippen molar-refractivity contribution in [3.8, 4) is 0 Å². The summed E-state index contributed by atoms with van der Waals surface area (Å²) in [5.74, 6) is 0.548. The molecule has 106 valence electrons. The average Bonchev–Trinajstić information content (AvgIpc) is 2.90. The number of carbonyl (C=O) groups is 1. The zero-order valence-electron chi connectivity index (χ0n) is 11.9. The summed E-state index contributed by atoms with van der Waals surface area (Å²) in [4.78, 5) is 14.6. The van der Waals surface area contributed by atoms with E-state index in [1.807, 2.05) is 36.2 Å². The van der Waals surface area contributed by atoms with Gasteiger partial charge in [-0.15, -0.1) is 0 Å². The topological polar surface area (TPSA) is 45.5 Å². The summed E-state index contributed by atoms with van der Waals surface area (Å²) >= 11 is 0. The first-order valence-corrected chi connectivity index (χ1v) is 7.13. The van der Waals surface area contributed by atoms with E-state index >= 15 is 0 Å². The van der Waals surface area contributed by atoms with Crippen molar-refractivity contribution >= 4 is 16.9 Å². The quantitative estimate of drug-likeness (QED) is 0.913. The van der Waals surface area contributed by atoms with Crippen molar-refractivity contribution in [2.24, 2.45) is 5.92 Å². The van der Waals surface area contributed by atoms with Crippen LogP contribution in [-0.4, -0.2) is 37.0 Å². The third kappa shape index (κ3) is 2.20. The summed E-state index contributed by atoms with van der Waals surface area (Å²) in [5, 5.41) is 4.22. The molecule has 1 aliphatic heterocycles. The smallest absolute Gasteiger partial charge is 0.257 e. The molecule has 0 radical (unpaired) electrons. The van der Waals surface area contributed by atoms with Crippen molar-refractivity contribution in [3.05, 3.63) is 36.1 Å². The van der Waals surface area contributed by atoms with Crippen LogP contribution in [0, 0.1) is 5.92 Å². The lowest BCUT2D eigenvalue weighted by molar-refractivity contribution is 0.0650. The molecule has 4 nitrogen and oxygen atoms in total. The van der Waals surface area contributed by atoms with Gasteiger partial charge < -0.3 is 14.6 Å². The van der Waals surface area contributed by atoms with Crippen LogP contribution in [0.3, 0.4) is 0 Å². The van der Waals surface area contributed by atoms with Crippen molar-refractivity contribution in [2.75, 3.05) is 20.1 Å². The Balaban J connectivity index is 1.83. The maximum absolute atomic E-state index is 12.7. The molecule has 0 aliphatic carbocycles. The lowest BCUT2D eigenvalue weighted by Gasteiger charge is -2.36. The number of rotatable bonds is 2. The van der Waals surface area contributed by atoms with Crippen molar-refractivity contribution in [1.82, 2.24) is 10.2 Å². The van der Waals surface area contributed by atoms with Crippen LogP contribution < -0.4 is 5.32 Å². The molecule has 0 spiro atoms. The minimum absolute atomic E-state index is 0.0800. The van der Waals surface area contributed by atoms with Gasteiger partial charge in [0.05, 0.1) is 5.56 Å². The normalized spacial score (nSPS) is 23.2. The molecule has 1 saturated heterocycles. The van der Waals surface area contributed by atoms with Crippen molar-refractivity contribution in [3.63, 3.8) is 0 Å². The number of hydrogen-bond acceptors (Lipinski definition) is 3. The van der Waals surface area contributed by atoms with E-state index in [2.05, 4.69) is 12.2 Å². The summed E-state index contributed by atoms with van der Waals surface area (Å²) in [6.07, 6.45) is 2.58. The molecule has 2 aromatic rings. The summed E-state index contributed by atoms with van der Waals surface area (Å²) < 4.78 is 5.47. The number of amides is 1. The maximum Gasteiger partial charge on any atom is 0.257 e. The Labute approximate surface area is 118 Å². The van der Waals surface area contributed by atoms with E-state index < -0.39 is 0 Å². The van der Waals surface area contributed by atoms with E-state index in [-0.39, 0.29) is 5.91 Å². The SMILES string of the molecule is CNC1CCN(C(=O)c2coc3ccccc23)CC1C. The van der Waals surface area contributed by atoms with Crippen LogP contribution in [0.15, 0.2) is 34.9 Å². The summed E-state index contributed by atoms with van der Waals surface area (Å²) in [7, 11) is 1.99. The van der Waals surface area contributed by atoms with Gasteiger partial charge in [-0.05, 0) is 25.5 Å². The predicted octanol–water partition coefficient (Wildman–Crippen LogP) is 2.50. The van der Waals surface area contributed by atoms with E-state index in [0.717, 1.165) is 30.5 Å². The second-order valence-electron chi connectivity index (χ2n) is 5.56. The number of para-hydroxylation sites is 1. The number of piperidine rings is 1. The molecule has 3 rings (SSSR count). The molecule has 1 N–H and O–H groups in total. The van der Waals surface area contributed by atoms with Crippen molar-refractivity contribution in [1.29, 1.82) is 0 Å². The van der Waals surface area contributed by atoms with Gasteiger partial charge in [0.15, 0.2) is 0 Å². The Hall–Kier alpha value is -1.81. The molecule has 2 atom stereocenters. The van der Waals surface area contributed by atoms with E-state index in [1.54, 1.807) is 6.26 Å². The van der Waals surface area contributed by atoms with Gasteiger partial charge in [0, 0.05) is 24.5 Å². The molecule has 1 fully saturated rings. The zero-order chi connectivity index (χ0) is 14.1. The molecule has 4 heteroatoms. The highest BCUT2D eigenvalue weighted by Gasteiger charge is 2.29. The fourth-order valence-electron chi connectivity index (χ4n) is 3.07. The van der Waals surface area contributed by atoms with Gasteiger partial charge in [-0.2, -0.15) is 0 Å². The number of nitrogens with one attached hydrogen (secondary N) is 1. The summed E-state index contributed by atoms with van der Waals surface area (Å²) in [5.41, 5.74) is 1.45. The zero-order valence-corrected chi connectivity index (χ0v) is 11.9. The number of carbonyl (C=O) groups excluding carboxylic acids is 1. The number of nitrogens with zero attached hydrogens (tertiary/aromatic N) is 1. The lowest BCUT2D eigenvalue weighted by atomic mass is 9.93. The van der Waals surface area contributed by atoms with Gasteiger partial charge in [0.2, 0.25) is 0 Å². The molecule has 0 saturated carbocycles. The second kappa shape index (κ2) is 5.29. The molecule has 1 aliphatic rings. The predicted molar refractivity (Wildman–Crippen MR) is 78.7 cm³/mol. The number of benzene rings is 1. The first-order chi connectivity index (χ1) is 9.70. The van der Waals surface area contributed by atoms with Crippen LogP contribution in [0.4, 0.5) is 0 Å². The Kier molecular flexibility index (Phi) is 3.49. The Bertz CT molecular complexity index is 620. The molecule has 2 unspecified atom stereocenters. The number of fused-ring (bicyclic) bond motifs is 1. The van der Waals surface area contributed by atoms with Crippen LogP contribution in [0.1, 0.15) is 23.7 Å². The van der Waals surface area contributed by atoms with Crippen LogP contribution >= 0.6 is 0 Å². The van der Waals surface area contributed by atoms with Crippen molar-refractivity contribution < 1.29 is 9.21 Å². The third-order valence-electron chi connectivity index (χ3n) is 4.27. The molecular formula is C16H20N2O2. The Morgan fingerprint density at radius 3 is 2.95 bits per heavy atom.